The standard InChI is InChI=1S/C32H32N6O4/c1-2-15-36-22-30(40)37-28(17-23-11-13-27(39)14-12-23)31(41)35(20-26-10-6-9-25(16-26)18-33)21-29(37)38(36)32(42)34-19-24-7-4-3-5-8-24/h2-14,16,28-29,39H,1,15,17,19-22H2,(H,34,42)/t28-,29-/m0/s1. The molecular weight excluding hydrogens is 532 g/mol. The van der Waals surface area contributed by atoms with Crippen LogP contribution >= 0.6 is 0 Å². The van der Waals surface area contributed by atoms with Crippen molar-refractivity contribution in [3.05, 3.63) is 114 Å². The quantitative estimate of drug-likeness (QED) is 0.406. The van der Waals surface area contributed by atoms with E-state index in [1.54, 1.807) is 58.4 Å². The number of hydrogen-bond donors (Lipinski definition) is 2. The summed E-state index contributed by atoms with van der Waals surface area (Å²) in [4.78, 5) is 44.6. The average Bonchev–Trinajstić information content (AvgIpc) is 3.00. The van der Waals surface area contributed by atoms with Gasteiger partial charge in [-0.1, -0.05) is 60.7 Å². The Bertz CT molecular complexity index is 1500. The minimum absolute atomic E-state index is 0.0832. The molecule has 0 unspecified atom stereocenters. The second kappa shape index (κ2) is 12.6. The zero-order valence-electron chi connectivity index (χ0n) is 23.1. The van der Waals surface area contributed by atoms with Gasteiger partial charge in [-0.15, -0.1) is 6.58 Å². The second-order valence-electron chi connectivity index (χ2n) is 10.3. The number of phenolic OH excluding ortho intramolecular Hbond substituents is 1. The number of hydrazine groups is 1. The monoisotopic (exact) mass is 564 g/mol. The highest BCUT2D eigenvalue weighted by Gasteiger charge is 2.51. The maximum absolute atomic E-state index is 14.0. The molecule has 10 heteroatoms. The maximum atomic E-state index is 14.0. The van der Waals surface area contributed by atoms with Crippen molar-refractivity contribution in [3.63, 3.8) is 0 Å². The molecule has 2 aliphatic rings. The number of aromatic hydroxyl groups is 1. The molecule has 0 bridgehead atoms. The number of carbonyl (C=O) groups is 3. The fourth-order valence-corrected chi connectivity index (χ4v) is 5.51. The number of benzene rings is 3. The molecule has 2 heterocycles. The lowest BCUT2D eigenvalue weighted by atomic mass is 9.98. The summed E-state index contributed by atoms with van der Waals surface area (Å²) in [5.74, 6) is -0.421. The van der Waals surface area contributed by atoms with Crippen molar-refractivity contribution in [2.45, 2.75) is 31.7 Å². The summed E-state index contributed by atoms with van der Waals surface area (Å²) < 4.78 is 0. The van der Waals surface area contributed by atoms with E-state index in [1.807, 2.05) is 36.4 Å². The number of nitrogens with zero attached hydrogens (tertiary/aromatic N) is 5. The van der Waals surface area contributed by atoms with Crippen LogP contribution in [0.4, 0.5) is 4.79 Å². The molecule has 42 heavy (non-hydrogen) atoms. The van der Waals surface area contributed by atoms with E-state index < -0.39 is 18.2 Å². The number of hydrogen-bond acceptors (Lipinski definition) is 6. The Morgan fingerprint density at radius 3 is 2.48 bits per heavy atom. The molecule has 4 amide bonds. The van der Waals surface area contributed by atoms with Crippen LogP contribution in [0.2, 0.25) is 0 Å². The minimum atomic E-state index is -0.879. The number of carbonyl (C=O) groups excluding carboxylic acids is 3. The van der Waals surface area contributed by atoms with Crippen molar-refractivity contribution in [2.24, 2.45) is 0 Å². The van der Waals surface area contributed by atoms with Crippen LogP contribution in [0.5, 0.6) is 5.75 Å². The van der Waals surface area contributed by atoms with Gasteiger partial charge in [0, 0.05) is 26.1 Å². The van der Waals surface area contributed by atoms with Crippen LogP contribution in [0, 0.1) is 11.3 Å². The number of urea groups is 1. The minimum Gasteiger partial charge on any atom is -0.508 e. The smallest absolute Gasteiger partial charge is 0.334 e. The second-order valence-corrected chi connectivity index (χ2v) is 10.3. The van der Waals surface area contributed by atoms with Crippen LogP contribution < -0.4 is 5.32 Å². The zero-order valence-corrected chi connectivity index (χ0v) is 23.1. The molecule has 2 atom stereocenters. The molecular formula is C32H32N6O4. The van der Waals surface area contributed by atoms with Gasteiger partial charge in [0.25, 0.3) is 0 Å². The van der Waals surface area contributed by atoms with Gasteiger partial charge in [0.05, 0.1) is 24.7 Å². The molecule has 0 aliphatic carbocycles. The molecule has 2 aliphatic heterocycles. The molecule has 3 aromatic carbocycles. The topological polar surface area (TPSA) is 120 Å². The molecule has 5 rings (SSSR count). The number of amides is 4. The van der Waals surface area contributed by atoms with E-state index in [0.29, 0.717) is 12.1 Å². The van der Waals surface area contributed by atoms with Crippen LogP contribution in [0.25, 0.3) is 0 Å². The van der Waals surface area contributed by atoms with Gasteiger partial charge in [-0.2, -0.15) is 5.26 Å². The first-order chi connectivity index (χ1) is 20.4. The van der Waals surface area contributed by atoms with Crippen LogP contribution in [0.1, 0.15) is 22.3 Å². The molecule has 0 radical (unpaired) electrons. The fraction of sp³-hybridized carbons (Fsp3) is 0.250. The lowest BCUT2D eigenvalue weighted by Gasteiger charge is -2.55. The fourth-order valence-electron chi connectivity index (χ4n) is 5.51. The first-order valence-electron chi connectivity index (χ1n) is 13.7. The normalized spacial score (nSPS) is 18.8. The molecule has 2 fully saturated rings. The summed E-state index contributed by atoms with van der Waals surface area (Å²) in [6.45, 7) is 4.56. The summed E-state index contributed by atoms with van der Waals surface area (Å²) in [7, 11) is 0. The lowest BCUT2D eigenvalue weighted by molar-refractivity contribution is -0.189. The summed E-state index contributed by atoms with van der Waals surface area (Å²) >= 11 is 0. The predicted molar refractivity (Wildman–Crippen MR) is 155 cm³/mol. The van der Waals surface area contributed by atoms with Gasteiger partial charge in [0.15, 0.2) is 0 Å². The first-order valence-corrected chi connectivity index (χ1v) is 13.7. The van der Waals surface area contributed by atoms with Gasteiger partial charge in [0.2, 0.25) is 11.8 Å². The van der Waals surface area contributed by atoms with Gasteiger partial charge in [0.1, 0.15) is 18.0 Å². The molecule has 0 spiro atoms. The SMILES string of the molecule is C=CCN1CC(=O)N2[C@@H](Cc3ccc(O)cc3)C(=O)N(Cc3cccc(C#N)c3)C[C@@H]2N1C(=O)NCc1ccccc1. The number of rotatable bonds is 8. The van der Waals surface area contributed by atoms with E-state index in [4.69, 9.17) is 0 Å². The third kappa shape index (κ3) is 6.11. The Labute approximate surface area is 244 Å². The van der Waals surface area contributed by atoms with Crippen molar-refractivity contribution < 1.29 is 19.5 Å². The molecule has 2 N–H and O–H groups in total. The molecule has 0 aromatic heterocycles. The molecule has 10 nitrogen and oxygen atoms in total. The van der Waals surface area contributed by atoms with Gasteiger partial charge in [-0.05, 0) is 41.0 Å². The highest BCUT2D eigenvalue weighted by molar-refractivity contribution is 5.91. The molecule has 214 valence electrons. The predicted octanol–water partition coefficient (Wildman–Crippen LogP) is 3.00. The van der Waals surface area contributed by atoms with Crippen LogP contribution in [0.15, 0.2) is 91.5 Å². The Morgan fingerprint density at radius 2 is 1.76 bits per heavy atom. The first kappa shape index (κ1) is 28.4. The van der Waals surface area contributed by atoms with Crippen molar-refractivity contribution in [3.8, 4) is 11.8 Å². The summed E-state index contributed by atoms with van der Waals surface area (Å²) in [6.07, 6.45) is 1.06. The number of fused-ring (bicyclic) bond motifs is 1. The lowest BCUT2D eigenvalue weighted by Crippen LogP contribution is -2.76. The summed E-state index contributed by atoms with van der Waals surface area (Å²) in [5.41, 5.74) is 2.93. The number of nitrogens with one attached hydrogen (secondary N) is 1. The average molecular weight is 565 g/mol. The van der Waals surface area contributed by atoms with Crippen molar-refractivity contribution in [1.82, 2.24) is 25.1 Å². The Morgan fingerprint density at radius 1 is 1.02 bits per heavy atom. The highest BCUT2D eigenvalue weighted by Crippen LogP contribution is 2.29. The molecule has 0 saturated carbocycles. The van der Waals surface area contributed by atoms with Crippen LogP contribution in [-0.2, 0) is 29.1 Å². The van der Waals surface area contributed by atoms with Gasteiger partial charge < -0.3 is 20.2 Å². The van der Waals surface area contributed by atoms with Crippen molar-refractivity contribution in [1.29, 1.82) is 5.26 Å². The van der Waals surface area contributed by atoms with Gasteiger partial charge in [-0.25, -0.2) is 14.8 Å². The molecule has 3 aromatic rings. The van der Waals surface area contributed by atoms with Crippen LogP contribution in [0.3, 0.4) is 0 Å². The Hall–Kier alpha value is -5.14. The van der Waals surface area contributed by atoms with E-state index in [-0.39, 0.29) is 50.2 Å². The number of phenols is 1. The summed E-state index contributed by atoms with van der Waals surface area (Å²) in [6, 6.07) is 23.9. The number of piperazine rings is 1. The van der Waals surface area contributed by atoms with E-state index in [2.05, 4.69) is 18.0 Å². The number of nitriles is 1. The highest BCUT2D eigenvalue weighted by atomic mass is 16.3. The third-order valence-corrected chi connectivity index (χ3v) is 7.46. The largest absolute Gasteiger partial charge is 0.508 e. The van der Waals surface area contributed by atoms with E-state index in [0.717, 1.165) is 16.7 Å². The van der Waals surface area contributed by atoms with E-state index in [1.165, 1.54) is 9.91 Å². The maximum Gasteiger partial charge on any atom is 0.334 e. The Balaban J connectivity index is 1.50. The van der Waals surface area contributed by atoms with E-state index >= 15 is 0 Å². The molecule has 2 saturated heterocycles. The van der Waals surface area contributed by atoms with Gasteiger partial charge >= 0.3 is 6.03 Å². The summed E-state index contributed by atoms with van der Waals surface area (Å²) in [5, 5.41) is 25.3. The van der Waals surface area contributed by atoms with Gasteiger partial charge in [-0.3, -0.25) is 9.59 Å². The third-order valence-electron chi connectivity index (χ3n) is 7.46. The zero-order chi connectivity index (χ0) is 29.6. The van der Waals surface area contributed by atoms with Crippen LogP contribution in [-0.4, -0.2) is 74.6 Å². The Kier molecular flexibility index (Phi) is 8.50. The van der Waals surface area contributed by atoms with E-state index in [9.17, 15) is 24.8 Å². The van der Waals surface area contributed by atoms with Crippen molar-refractivity contribution >= 4 is 17.8 Å². The van der Waals surface area contributed by atoms with Crippen molar-refractivity contribution in [2.75, 3.05) is 19.6 Å².